The van der Waals surface area contributed by atoms with Crippen LogP contribution in [0.4, 0.5) is 0 Å². The van der Waals surface area contributed by atoms with Gasteiger partial charge >= 0.3 is 0 Å². The molecule has 0 N–H and O–H groups in total. The zero-order chi connectivity index (χ0) is 20.9. The zero-order valence-electron chi connectivity index (χ0n) is 14.7. The normalized spacial score (nSPS) is 12.4. The number of benzene rings is 1. The van der Waals surface area contributed by atoms with Crippen LogP contribution in [0.5, 0.6) is 11.5 Å². The summed E-state index contributed by atoms with van der Waals surface area (Å²) in [6.07, 6.45) is 3.30. The molecule has 2 aromatic rings. The Hall–Kier alpha value is -0.690. The number of alkyl halides is 6. The first kappa shape index (κ1) is 23.6. The van der Waals surface area contributed by atoms with Crippen molar-refractivity contribution in [1.29, 1.82) is 0 Å². The molecule has 0 aliphatic rings. The van der Waals surface area contributed by atoms with E-state index in [-0.39, 0.29) is 17.5 Å². The largest absolute Gasteiger partial charge is 0.494 e. The molecule has 1 aromatic carbocycles. The van der Waals surface area contributed by atoms with E-state index in [0.717, 1.165) is 5.56 Å². The Morgan fingerprint density at radius 1 is 0.750 bits per heavy atom. The number of hydrogen-bond donors (Lipinski definition) is 0. The van der Waals surface area contributed by atoms with E-state index in [1.54, 1.807) is 18.2 Å². The van der Waals surface area contributed by atoms with Crippen LogP contribution in [-0.4, -0.2) is 28.2 Å². The average molecular weight is 506 g/mol. The molecular weight excluding hydrogens is 491 g/mol. The molecule has 0 aliphatic carbocycles. The van der Waals surface area contributed by atoms with Crippen LogP contribution in [0.3, 0.4) is 0 Å². The maximum atomic E-state index is 5.87. The van der Waals surface area contributed by atoms with Gasteiger partial charge in [-0.1, -0.05) is 75.7 Å². The van der Waals surface area contributed by atoms with Crippen LogP contribution >= 0.6 is 69.6 Å². The van der Waals surface area contributed by atoms with Gasteiger partial charge in [-0.15, -0.1) is 0 Å². The fourth-order valence-corrected chi connectivity index (χ4v) is 2.59. The Kier molecular flexibility index (Phi) is 8.32. The highest BCUT2D eigenvalue weighted by Crippen LogP contribution is 2.40. The van der Waals surface area contributed by atoms with E-state index in [1.807, 2.05) is 26.0 Å². The van der Waals surface area contributed by atoms with Gasteiger partial charge in [-0.05, 0) is 37.6 Å². The second kappa shape index (κ2) is 9.88. The van der Waals surface area contributed by atoms with E-state index in [2.05, 4.69) is 15.0 Å². The molecule has 0 radical (unpaired) electrons. The van der Waals surface area contributed by atoms with Gasteiger partial charge in [-0.3, -0.25) is 0 Å². The Morgan fingerprint density at radius 3 is 1.61 bits per heavy atom. The van der Waals surface area contributed by atoms with Gasteiger partial charge in [0.15, 0.2) is 17.5 Å². The van der Waals surface area contributed by atoms with Crippen molar-refractivity contribution in [2.45, 2.75) is 21.4 Å². The number of rotatable bonds is 6. The lowest BCUT2D eigenvalue weighted by Crippen LogP contribution is -2.16. The van der Waals surface area contributed by atoms with E-state index in [9.17, 15) is 0 Å². The second-order valence-electron chi connectivity index (χ2n) is 5.27. The number of halogens is 6. The van der Waals surface area contributed by atoms with Gasteiger partial charge in [-0.25, -0.2) is 15.0 Å². The highest BCUT2D eigenvalue weighted by molar-refractivity contribution is 6.67. The summed E-state index contributed by atoms with van der Waals surface area (Å²) in [6, 6.07) is 5.46. The second-order valence-corrected chi connectivity index (χ2v) is 9.84. The van der Waals surface area contributed by atoms with Crippen LogP contribution in [0.15, 0.2) is 18.2 Å². The summed E-state index contributed by atoms with van der Waals surface area (Å²) >= 11 is 35.2. The van der Waals surface area contributed by atoms with E-state index >= 15 is 0 Å². The van der Waals surface area contributed by atoms with Gasteiger partial charge in [0.1, 0.15) is 11.5 Å². The van der Waals surface area contributed by atoms with Crippen molar-refractivity contribution >= 4 is 81.8 Å². The first-order valence-electron chi connectivity index (χ1n) is 8.02. The molecule has 0 aliphatic heterocycles. The lowest BCUT2D eigenvalue weighted by molar-refractivity contribution is 0.323. The lowest BCUT2D eigenvalue weighted by Gasteiger charge is -2.14. The SMILES string of the molecule is CCOc1cc(/C=C/c2nc(C(Cl)(Cl)Cl)nc(C(Cl)(Cl)Cl)n2)cc(OCC)c1. The third-order valence-corrected chi connectivity index (χ3v) is 4.12. The van der Waals surface area contributed by atoms with Crippen LogP contribution in [0.25, 0.3) is 12.2 Å². The van der Waals surface area contributed by atoms with Crippen molar-refractivity contribution in [3.63, 3.8) is 0 Å². The van der Waals surface area contributed by atoms with Crippen LogP contribution in [0.2, 0.25) is 0 Å². The molecule has 0 bridgehead atoms. The number of ether oxygens (including phenoxy) is 2. The minimum absolute atomic E-state index is 0.150. The van der Waals surface area contributed by atoms with Crippen LogP contribution < -0.4 is 9.47 Å². The number of aromatic nitrogens is 3. The molecule has 5 nitrogen and oxygen atoms in total. The molecule has 0 saturated carbocycles. The maximum Gasteiger partial charge on any atom is 0.250 e. The topological polar surface area (TPSA) is 57.1 Å². The molecule has 28 heavy (non-hydrogen) atoms. The quantitative estimate of drug-likeness (QED) is 0.420. The molecule has 11 heteroatoms. The van der Waals surface area contributed by atoms with Crippen LogP contribution in [-0.2, 0) is 7.59 Å². The summed E-state index contributed by atoms with van der Waals surface area (Å²) in [6.45, 7) is 4.82. The molecule has 0 spiro atoms. The Balaban J connectivity index is 2.45. The smallest absolute Gasteiger partial charge is 0.250 e. The summed E-state index contributed by atoms with van der Waals surface area (Å²) in [4.78, 5) is 12.1. The van der Waals surface area contributed by atoms with Crippen molar-refractivity contribution in [2.24, 2.45) is 0 Å². The highest BCUT2D eigenvalue weighted by Gasteiger charge is 2.33. The zero-order valence-corrected chi connectivity index (χ0v) is 19.3. The monoisotopic (exact) mass is 503 g/mol. The predicted octanol–water partition coefficient (Wildman–Crippen LogP) is 6.49. The third kappa shape index (κ3) is 6.97. The van der Waals surface area contributed by atoms with Gasteiger partial charge < -0.3 is 9.47 Å². The van der Waals surface area contributed by atoms with Crippen LogP contribution in [0, 0.1) is 0 Å². The molecule has 1 aromatic heterocycles. The van der Waals surface area contributed by atoms with E-state index in [0.29, 0.717) is 24.7 Å². The van der Waals surface area contributed by atoms with E-state index < -0.39 is 7.59 Å². The maximum absolute atomic E-state index is 5.87. The first-order chi connectivity index (χ1) is 13.0. The summed E-state index contributed by atoms with van der Waals surface area (Å²) in [5, 5.41) is 0. The van der Waals surface area contributed by atoms with E-state index in [4.69, 9.17) is 79.1 Å². The molecule has 2 rings (SSSR count). The Bertz CT molecular complexity index is 793. The van der Waals surface area contributed by atoms with Gasteiger partial charge in [-0.2, -0.15) is 0 Å². The van der Waals surface area contributed by atoms with Crippen LogP contribution in [0.1, 0.15) is 36.9 Å². The standard InChI is InChI=1S/C17H15Cl6N3O2/c1-3-27-11-7-10(8-12(9-11)28-4-2)5-6-13-24-14(16(18,19)20)26-15(25-13)17(21,22)23/h5-9H,3-4H2,1-2H3/b6-5+. The summed E-state index contributed by atoms with van der Waals surface area (Å²) in [5.41, 5.74) is 0.778. The van der Waals surface area contributed by atoms with E-state index in [1.165, 1.54) is 0 Å². The lowest BCUT2D eigenvalue weighted by atomic mass is 10.2. The highest BCUT2D eigenvalue weighted by atomic mass is 35.6. The minimum Gasteiger partial charge on any atom is -0.494 e. The van der Waals surface area contributed by atoms with Crippen molar-refractivity contribution in [2.75, 3.05) is 13.2 Å². The van der Waals surface area contributed by atoms with Gasteiger partial charge in [0.2, 0.25) is 7.59 Å². The Labute approximate surface area is 192 Å². The van der Waals surface area contributed by atoms with Gasteiger partial charge in [0.05, 0.1) is 13.2 Å². The summed E-state index contributed by atoms with van der Waals surface area (Å²) < 4.78 is 7.29. The number of hydrogen-bond acceptors (Lipinski definition) is 5. The summed E-state index contributed by atoms with van der Waals surface area (Å²) in [5.74, 6) is 1.15. The fourth-order valence-electron chi connectivity index (χ4n) is 2.08. The third-order valence-electron chi connectivity index (χ3n) is 3.11. The molecule has 0 amide bonds. The predicted molar refractivity (Wildman–Crippen MR) is 116 cm³/mol. The summed E-state index contributed by atoms with van der Waals surface area (Å²) in [7, 11) is 0. The van der Waals surface area contributed by atoms with Gasteiger partial charge in [0, 0.05) is 6.07 Å². The van der Waals surface area contributed by atoms with Gasteiger partial charge in [0.25, 0.3) is 0 Å². The fraction of sp³-hybridized carbons (Fsp3) is 0.353. The Morgan fingerprint density at radius 2 is 1.21 bits per heavy atom. The van der Waals surface area contributed by atoms with Crippen molar-refractivity contribution < 1.29 is 9.47 Å². The molecule has 0 fully saturated rings. The van der Waals surface area contributed by atoms with Crippen molar-refractivity contribution in [3.05, 3.63) is 41.2 Å². The molecule has 0 unspecified atom stereocenters. The number of nitrogens with zero attached hydrogens (tertiary/aromatic N) is 3. The molecule has 152 valence electrons. The molecule has 1 heterocycles. The van der Waals surface area contributed by atoms with Crippen molar-refractivity contribution in [1.82, 2.24) is 15.0 Å². The average Bonchev–Trinajstić information content (AvgIpc) is 2.59. The molecular formula is C17H15Cl6N3O2. The van der Waals surface area contributed by atoms with Crippen molar-refractivity contribution in [3.8, 4) is 11.5 Å². The molecule has 0 atom stereocenters. The first-order valence-corrected chi connectivity index (χ1v) is 10.3. The minimum atomic E-state index is -1.91. The molecule has 0 saturated heterocycles.